The molecule has 0 aromatic heterocycles. The van der Waals surface area contributed by atoms with E-state index >= 15 is 0 Å². The molecule has 3 nitrogen and oxygen atoms in total. The van der Waals surface area contributed by atoms with Gasteiger partial charge >= 0.3 is 5.51 Å². The van der Waals surface area contributed by atoms with Crippen molar-refractivity contribution in [3.8, 4) is 0 Å². The van der Waals surface area contributed by atoms with Gasteiger partial charge in [-0.2, -0.15) is 13.2 Å². The van der Waals surface area contributed by atoms with Gasteiger partial charge in [-0.15, -0.1) is 0 Å². The van der Waals surface area contributed by atoms with Crippen LogP contribution in [0, 0.1) is 0 Å². The zero-order valence-corrected chi connectivity index (χ0v) is 24.5. The van der Waals surface area contributed by atoms with E-state index in [2.05, 4.69) is 91.0 Å². The van der Waals surface area contributed by atoms with Crippen LogP contribution in [0.5, 0.6) is 0 Å². The van der Waals surface area contributed by atoms with Crippen LogP contribution < -0.4 is 0 Å². The van der Waals surface area contributed by atoms with Crippen LogP contribution in [0.25, 0.3) is 0 Å². The summed E-state index contributed by atoms with van der Waals surface area (Å²) < 4.78 is 58.9. The maximum absolute atomic E-state index is 10.7. The molecular weight excluding hydrogens is 552 g/mol. The molecule has 3 aromatic carbocycles. The summed E-state index contributed by atoms with van der Waals surface area (Å²) in [4.78, 5) is 0. The van der Waals surface area contributed by atoms with Gasteiger partial charge in [0.25, 0.3) is 0 Å². The van der Waals surface area contributed by atoms with Gasteiger partial charge in [-0.3, -0.25) is 0 Å². The van der Waals surface area contributed by atoms with Crippen molar-refractivity contribution in [2.24, 2.45) is 0 Å². The summed E-state index contributed by atoms with van der Waals surface area (Å²) in [5, 5.41) is 0.0124. The monoisotopic (exact) mass is 590 g/mol. The van der Waals surface area contributed by atoms with Crippen molar-refractivity contribution >= 4 is 18.0 Å². The summed E-state index contributed by atoms with van der Waals surface area (Å²) in [6.45, 7) is 0. The summed E-state index contributed by atoms with van der Waals surface area (Å²) in [7, 11) is -6.89. The highest BCUT2D eigenvalue weighted by Crippen LogP contribution is 2.71. The number of hydrogen-bond donors (Lipinski definition) is 0. The molecule has 0 amide bonds. The highest BCUT2D eigenvalue weighted by atomic mass is 32.2. The first-order chi connectivity index (χ1) is 19.2. The molecule has 0 unspecified atom stereocenters. The summed E-state index contributed by atoms with van der Waals surface area (Å²) in [6, 6.07) is 34.9. The summed E-state index contributed by atoms with van der Waals surface area (Å²) in [5.41, 5.74) is 0.745. The zero-order chi connectivity index (χ0) is 28.6. The zero-order valence-electron chi connectivity index (χ0n) is 22.7. The number of benzene rings is 3. The van der Waals surface area contributed by atoms with Crippen molar-refractivity contribution in [3.63, 3.8) is 0 Å². The van der Waals surface area contributed by atoms with Crippen LogP contribution >= 0.6 is 7.92 Å². The predicted molar refractivity (Wildman–Crippen MR) is 157 cm³/mol. The highest BCUT2D eigenvalue weighted by Gasteiger charge is 2.56. The summed E-state index contributed by atoms with van der Waals surface area (Å²) in [5.74, 6) is 0. The van der Waals surface area contributed by atoms with E-state index in [-0.39, 0.29) is 5.16 Å². The van der Waals surface area contributed by atoms with Gasteiger partial charge in [0.1, 0.15) is 0 Å². The average molecular weight is 591 g/mol. The molecule has 5 rings (SSSR count). The highest BCUT2D eigenvalue weighted by molar-refractivity contribution is 7.86. The molecule has 2 aliphatic carbocycles. The van der Waals surface area contributed by atoms with Gasteiger partial charge in [-0.25, -0.2) is 8.42 Å². The topological polar surface area (TPSA) is 57.2 Å². The third-order valence-electron chi connectivity index (χ3n) is 8.43. The van der Waals surface area contributed by atoms with E-state index in [9.17, 15) is 13.2 Å². The smallest absolute Gasteiger partial charge is 0.485 e. The molecule has 0 aliphatic heterocycles. The van der Waals surface area contributed by atoms with Crippen LogP contribution in [0.2, 0.25) is 0 Å². The fourth-order valence-corrected chi connectivity index (χ4v) is 12.3. The van der Waals surface area contributed by atoms with Gasteiger partial charge in [-0.1, -0.05) is 104 Å². The minimum absolute atomic E-state index is 0.0124. The number of halogens is 3. The molecule has 40 heavy (non-hydrogen) atoms. The van der Waals surface area contributed by atoms with Crippen LogP contribution in [0.3, 0.4) is 0 Å². The third kappa shape index (κ3) is 6.98. The first-order valence-corrected chi connectivity index (χ1v) is 17.3. The maximum atomic E-state index is 10.7. The van der Waals surface area contributed by atoms with Gasteiger partial charge in [0.2, 0.25) is 0 Å². The Labute approximate surface area is 237 Å². The van der Waals surface area contributed by atoms with Gasteiger partial charge in [-0.05, 0) is 51.4 Å². The number of alkyl halides is 3. The van der Waals surface area contributed by atoms with Crippen LogP contribution in [0.1, 0.15) is 80.9 Å². The van der Waals surface area contributed by atoms with E-state index in [1.807, 2.05) is 0 Å². The van der Waals surface area contributed by atoms with Gasteiger partial charge in [0.15, 0.2) is 15.3 Å². The van der Waals surface area contributed by atoms with Crippen LogP contribution in [0.4, 0.5) is 13.2 Å². The van der Waals surface area contributed by atoms with E-state index in [0.717, 1.165) is 11.3 Å². The molecule has 0 saturated heterocycles. The molecule has 0 radical (unpaired) electrons. The van der Waals surface area contributed by atoms with Crippen molar-refractivity contribution < 1.29 is 26.1 Å². The molecule has 2 saturated carbocycles. The lowest BCUT2D eigenvalue weighted by Crippen LogP contribution is -2.37. The molecular formula is C32H38F3O3PS. The standard InChI is InChI=1S/C31H37P.CHF3O3S/c1-6-16-26(17-7-1)31(27-18-8-2-9-19-27,28-20-10-3-11-21-28)32(29-22-12-4-13-23-29)30-24-14-5-15-25-30;2-1(3,4)8(5,6)7/h1-3,6-11,16-21,29-30H,4-5,12-15,22-25H2;(H,5,6,7). The van der Waals surface area contributed by atoms with Crippen LogP contribution in [0.15, 0.2) is 91.0 Å². The lowest BCUT2D eigenvalue weighted by Gasteiger charge is -2.45. The second kappa shape index (κ2) is 13.6. The summed E-state index contributed by atoms with van der Waals surface area (Å²) in [6.07, 6.45) is 14.4. The molecule has 3 aromatic rings. The molecule has 216 valence electrons. The van der Waals surface area contributed by atoms with Crippen molar-refractivity contribution in [2.45, 2.75) is 86.2 Å². The Morgan fingerprint density at radius 2 is 0.850 bits per heavy atom. The molecule has 8 heteroatoms. The second-order valence-corrected chi connectivity index (χ2v) is 15.5. The first kappa shape index (κ1) is 30.7. The van der Waals surface area contributed by atoms with Gasteiger partial charge in [0, 0.05) is 24.6 Å². The van der Waals surface area contributed by atoms with E-state index in [1.165, 1.54) is 80.9 Å². The molecule has 0 spiro atoms. The Kier molecular flexibility index (Phi) is 10.5. The van der Waals surface area contributed by atoms with E-state index < -0.39 is 23.5 Å². The normalized spacial score (nSPS) is 17.7. The summed E-state index contributed by atoms with van der Waals surface area (Å²) >= 11 is 0. The predicted octanol–water partition coefficient (Wildman–Crippen LogP) is 8.91. The maximum Gasteiger partial charge on any atom is 0.485 e. The molecule has 2 aliphatic rings. The SMILES string of the molecule is O=S(=O)([O-])C(F)(F)F.c1ccc(C(c2ccccc2)(c2ccccc2)[PH+](C2CCCCC2)C2CCCCC2)cc1. The molecule has 2 fully saturated rings. The number of rotatable bonds is 6. The van der Waals surface area contributed by atoms with Crippen molar-refractivity contribution in [1.29, 1.82) is 0 Å². The van der Waals surface area contributed by atoms with Crippen LogP contribution in [-0.2, 0) is 15.3 Å². The lowest BCUT2D eigenvalue weighted by atomic mass is 9.84. The van der Waals surface area contributed by atoms with Crippen molar-refractivity contribution in [3.05, 3.63) is 108 Å². The molecule has 0 atom stereocenters. The Morgan fingerprint density at radius 1 is 0.575 bits per heavy atom. The van der Waals surface area contributed by atoms with E-state index in [1.54, 1.807) is 0 Å². The van der Waals surface area contributed by atoms with Crippen molar-refractivity contribution in [1.82, 2.24) is 0 Å². The van der Waals surface area contributed by atoms with Gasteiger partial charge < -0.3 is 4.55 Å². The minimum Gasteiger partial charge on any atom is -0.741 e. The molecule has 0 bridgehead atoms. The third-order valence-corrected chi connectivity index (χ3v) is 13.6. The minimum atomic E-state index is -6.09. The van der Waals surface area contributed by atoms with E-state index in [4.69, 9.17) is 13.0 Å². The van der Waals surface area contributed by atoms with E-state index in [0.29, 0.717) is 0 Å². The Hall–Kier alpha value is -2.21. The average Bonchev–Trinajstić information content (AvgIpc) is 2.97. The Bertz CT molecular complexity index is 1160. The number of hydrogen-bond acceptors (Lipinski definition) is 3. The fourth-order valence-electron chi connectivity index (χ4n) is 6.84. The second-order valence-electron chi connectivity index (χ2n) is 10.9. The fraction of sp³-hybridized carbons (Fsp3) is 0.438. The largest absolute Gasteiger partial charge is 0.741 e. The molecule has 0 heterocycles. The Morgan fingerprint density at radius 3 is 1.10 bits per heavy atom. The molecule has 0 N–H and O–H groups in total. The van der Waals surface area contributed by atoms with Gasteiger partial charge in [0.05, 0.1) is 11.3 Å². The lowest BCUT2D eigenvalue weighted by molar-refractivity contribution is -0.0517. The van der Waals surface area contributed by atoms with Crippen molar-refractivity contribution in [2.75, 3.05) is 0 Å². The Balaban J connectivity index is 0.000000406. The quantitative estimate of drug-likeness (QED) is 0.125. The van der Waals surface area contributed by atoms with Crippen LogP contribution in [-0.4, -0.2) is 29.8 Å². The first-order valence-electron chi connectivity index (χ1n) is 14.2.